The van der Waals surface area contributed by atoms with Crippen LogP contribution in [0.1, 0.15) is 15.9 Å². The molecule has 2 aromatic heterocycles. The first-order valence-electron chi connectivity index (χ1n) is 8.71. The van der Waals surface area contributed by atoms with Gasteiger partial charge in [0.2, 0.25) is 0 Å². The summed E-state index contributed by atoms with van der Waals surface area (Å²) in [7, 11) is 1.78. The molecule has 0 aliphatic carbocycles. The Morgan fingerprint density at radius 1 is 1.22 bits per heavy atom. The lowest BCUT2D eigenvalue weighted by molar-refractivity contribution is 0.0940. The van der Waals surface area contributed by atoms with Gasteiger partial charge < -0.3 is 15.7 Å². The van der Waals surface area contributed by atoms with Gasteiger partial charge in [0.15, 0.2) is 0 Å². The fraction of sp³-hybridized carbons (Fsp3) is 0.250. The molecule has 0 fully saturated rings. The molecule has 1 amide bonds. The van der Waals surface area contributed by atoms with Gasteiger partial charge in [-0.25, -0.2) is 0 Å². The van der Waals surface area contributed by atoms with Crippen LogP contribution in [0, 0.1) is 5.92 Å². The molecule has 0 spiro atoms. The van der Waals surface area contributed by atoms with Crippen LogP contribution < -0.4 is 10.6 Å². The van der Waals surface area contributed by atoms with E-state index in [1.54, 1.807) is 30.5 Å². The van der Waals surface area contributed by atoms with E-state index < -0.39 is 0 Å². The Balaban J connectivity index is 1.64. The van der Waals surface area contributed by atoms with Crippen LogP contribution in [-0.2, 0) is 6.42 Å². The fourth-order valence-corrected chi connectivity index (χ4v) is 3.40. The highest BCUT2D eigenvalue weighted by molar-refractivity contribution is 7.07. The lowest BCUT2D eigenvalue weighted by Crippen LogP contribution is -2.31. The number of aliphatic hydroxyl groups excluding tert-OH is 1. The van der Waals surface area contributed by atoms with Crippen LogP contribution in [-0.4, -0.2) is 41.4 Å². The second-order valence-electron chi connectivity index (χ2n) is 6.23. The molecule has 140 valence electrons. The molecule has 6 nitrogen and oxygen atoms in total. The van der Waals surface area contributed by atoms with Crippen molar-refractivity contribution in [2.45, 2.75) is 6.42 Å². The zero-order valence-electron chi connectivity index (χ0n) is 15.1. The number of nitrogens with zero attached hydrogens (tertiary/aromatic N) is 2. The molecule has 1 aromatic carbocycles. The molecule has 0 saturated carbocycles. The van der Waals surface area contributed by atoms with Crippen LogP contribution in [0.3, 0.4) is 0 Å². The number of benzene rings is 1. The minimum Gasteiger partial charge on any atom is -0.396 e. The summed E-state index contributed by atoms with van der Waals surface area (Å²) in [6, 6.07) is 13.0. The summed E-state index contributed by atoms with van der Waals surface area (Å²) in [5.74, 6) is 0.514. The number of carbonyl (C=O) groups excluding carboxylic acids is 1. The van der Waals surface area contributed by atoms with Gasteiger partial charge in [0.1, 0.15) is 5.82 Å². The second kappa shape index (κ2) is 9.25. The molecule has 3 N–H and O–H groups in total. The third-order valence-electron chi connectivity index (χ3n) is 4.26. The molecule has 3 rings (SSSR count). The van der Waals surface area contributed by atoms with Gasteiger partial charge >= 0.3 is 0 Å². The van der Waals surface area contributed by atoms with E-state index in [0.717, 1.165) is 12.0 Å². The van der Waals surface area contributed by atoms with E-state index in [9.17, 15) is 9.90 Å². The van der Waals surface area contributed by atoms with Crippen molar-refractivity contribution >= 4 is 23.1 Å². The van der Waals surface area contributed by atoms with Crippen LogP contribution >= 0.6 is 11.3 Å². The number of aliphatic hydroxyl groups is 1. The lowest BCUT2D eigenvalue weighted by atomic mass is 10.0. The van der Waals surface area contributed by atoms with Gasteiger partial charge in [-0.1, -0.05) is 12.1 Å². The summed E-state index contributed by atoms with van der Waals surface area (Å²) < 4.78 is 0. The first-order valence-corrected chi connectivity index (χ1v) is 9.66. The van der Waals surface area contributed by atoms with E-state index in [0.29, 0.717) is 23.6 Å². The van der Waals surface area contributed by atoms with Gasteiger partial charge in [-0.2, -0.15) is 11.3 Å². The van der Waals surface area contributed by atoms with Crippen LogP contribution in [0.5, 0.6) is 0 Å². The van der Waals surface area contributed by atoms with Gasteiger partial charge in [-0.15, -0.1) is 10.2 Å². The lowest BCUT2D eigenvalue weighted by Gasteiger charge is -2.14. The average molecular weight is 382 g/mol. The number of thiophene rings is 1. The molecule has 1 atom stereocenters. The average Bonchev–Trinajstić information content (AvgIpc) is 3.24. The van der Waals surface area contributed by atoms with Crippen LogP contribution in [0.4, 0.5) is 5.82 Å². The number of anilines is 1. The molecule has 0 radical (unpaired) electrons. The van der Waals surface area contributed by atoms with Crippen molar-refractivity contribution in [3.63, 3.8) is 0 Å². The minimum atomic E-state index is -0.166. The number of rotatable bonds is 8. The van der Waals surface area contributed by atoms with E-state index in [2.05, 4.69) is 26.2 Å². The topological polar surface area (TPSA) is 87.1 Å². The highest BCUT2D eigenvalue weighted by Gasteiger charge is 2.13. The quantitative estimate of drug-likeness (QED) is 0.558. The van der Waals surface area contributed by atoms with Crippen molar-refractivity contribution in [1.29, 1.82) is 0 Å². The predicted octanol–water partition coefficient (Wildman–Crippen LogP) is 2.83. The third-order valence-corrected chi connectivity index (χ3v) is 4.99. The van der Waals surface area contributed by atoms with Crippen molar-refractivity contribution in [3.8, 4) is 11.3 Å². The van der Waals surface area contributed by atoms with Gasteiger partial charge in [-0.3, -0.25) is 4.79 Å². The maximum atomic E-state index is 12.5. The molecule has 0 aliphatic rings. The summed E-state index contributed by atoms with van der Waals surface area (Å²) in [6.07, 6.45) is 0.744. The van der Waals surface area contributed by atoms with Crippen molar-refractivity contribution in [3.05, 3.63) is 64.4 Å². The standard InChI is InChI=1S/C20H22N4O2S/c1-21-19-6-5-18(23-24-19)16-3-2-4-17(10-16)20(26)22-11-15(12-25)9-14-7-8-27-13-14/h2-8,10,13,15,25H,9,11-12H2,1H3,(H,21,24)(H,22,26)/t15-/m1/s1. The number of hydrogen-bond acceptors (Lipinski definition) is 6. The van der Waals surface area contributed by atoms with Crippen molar-refractivity contribution in [2.75, 3.05) is 25.5 Å². The smallest absolute Gasteiger partial charge is 0.251 e. The summed E-state index contributed by atoms with van der Waals surface area (Å²) in [5.41, 5.74) is 3.27. The van der Waals surface area contributed by atoms with Gasteiger partial charge in [0.25, 0.3) is 5.91 Å². The molecule has 0 bridgehead atoms. The first kappa shape index (κ1) is 19.0. The third kappa shape index (κ3) is 5.12. The Labute approximate surface area is 162 Å². The number of hydrogen-bond donors (Lipinski definition) is 3. The molecule has 2 heterocycles. The van der Waals surface area contributed by atoms with Gasteiger partial charge in [0, 0.05) is 37.2 Å². The minimum absolute atomic E-state index is 0.00770. The van der Waals surface area contributed by atoms with Gasteiger partial charge in [0.05, 0.1) is 5.69 Å². The summed E-state index contributed by atoms with van der Waals surface area (Å²) in [5, 5.41) is 27.7. The molecule has 0 unspecified atom stereocenters. The Hall–Kier alpha value is -2.77. The van der Waals surface area contributed by atoms with Crippen LogP contribution in [0.15, 0.2) is 53.2 Å². The molecule has 7 heteroatoms. The first-order chi connectivity index (χ1) is 13.2. The zero-order chi connectivity index (χ0) is 19.1. The van der Waals surface area contributed by atoms with E-state index in [4.69, 9.17) is 0 Å². The van der Waals surface area contributed by atoms with Crippen molar-refractivity contribution in [2.24, 2.45) is 5.92 Å². The van der Waals surface area contributed by atoms with Crippen LogP contribution in [0.25, 0.3) is 11.3 Å². The molecular weight excluding hydrogens is 360 g/mol. The molecule has 0 aliphatic heterocycles. The highest BCUT2D eigenvalue weighted by atomic mass is 32.1. The van der Waals surface area contributed by atoms with E-state index in [1.807, 2.05) is 35.7 Å². The molecule has 3 aromatic rings. The maximum absolute atomic E-state index is 12.5. The summed E-state index contributed by atoms with van der Waals surface area (Å²) in [6.45, 7) is 0.454. The van der Waals surface area contributed by atoms with Crippen molar-refractivity contribution < 1.29 is 9.90 Å². The van der Waals surface area contributed by atoms with E-state index >= 15 is 0 Å². The Bertz CT molecular complexity index is 866. The maximum Gasteiger partial charge on any atom is 0.251 e. The predicted molar refractivity (Wildman–Crippen MR) is 108 cm³/mol. The van der Waals surface area contributed by atoms with Crippen molar-refractivity contribution in [1.82, 2.24) is 15.5 Å². The SMILES string of the molecule is CNc1ccc(-c2cccc(C(=O)NC[C@H](CO)Cc3ccsc3)c2)nn1. The number of nitrogens with one attached hydrogen (secondary N) is 2. The zero-order valence-corrected chi connectivity index (χ0v) is 15.9. The highest BCUT2D eigenvalue weighted by Crippen LogP contribution is 2.19. The van der Waals surface area contributed by atoms with Gasteiger partial charge in [-0.05, 0) is 53.1 Å². The Morgan fingerprint density at radius 3 is 2.78 bits per heavy atom. The molecular formula is C20H22N4O2S. The van der Waals surface area contributed by atoms with E-state index in [1.165, 1.54) is 5.56 Å². The number of carbonyl (C=O) groups is 1. The number of aromatic nitrogens is 2. The largest absolute Gasteiger partial charge is 0.396 e. The fourth-order valence-electron chi connectivity index (χ4n) is 2.72. The number of amides is 1. The van der Waals surface area contributed by atoms with E-state index in [-0.39, 0.29) is 18.4 Å². The monoisotopic (exact) mass is 382 g/mol. The Morgan fingerprint density at radius 2 is 2.11 bits per heavy atom. The second-order valence-corrected chi connectivity index (χ2v) is 7.01. The summed E-state index contributed by atoms with van der Waals surface area (Å²) in [4.78, 5) is 12.5. The Kier molecular flexibility index (Phi) is 6.51. The molecule has 0 saturated heterocycles. The summed E-state index contributed by atoms with van der Waals surface area (Å²) >= 11 is 1.63. The molecule has 27 heavy (non-hydrogen) atoms. The normalized spacial score (nSPS) is 11.8. The van der Waals surface area contributed by atoms with Crippen LogP contribution in [0.2, 0.25) is 0 Å².